The maximum Gasteiger partial charge on any atom is 0.323 e. The maximum absolute atomic E-state index is 12.5. The van der Waals surface area contributed by atoms with E-state index in [9.17, 15) is 9.59 Å². The zero-order chi connectivity index (χ0) is 18.4. The maximum atomic E-state index is 12.5. The minimum atomic E-state index is -0.924. The number of carbonyl (C=O) groups excluding carboxylic acids is 2. The van der Waals surface area contributed by atoms with Gasteiger partial charge < -0.3 is 26.4 Å². The number of anilines is 3. The van der Waals surface area contributed by atoms with Gasteiger partial charge in [0.25, 0.3) is 0 Å². The number of benzene rings is 2. The van der Waals surface area contributed by atoms with E-state index in [1.807, 2.05) is 18.2 Å². The molecule has 0 saturated carbocycles. The predicted octanol–water partition coefficient (Wildman–Crippen LogP) is 2.78. The van der Waals surface area contributed by atoms with E-state index in [0.717, 1.165) is 0 Å². The second-order valence-corrected chi connectivity index (χ2v) is 6.25. The average molecular weight is 354 g/mol. The van der Waals surface area contributed by atoms with Crippen molar-refractivity contribution >= 4 is 29.0 Å². The van der Waals surface area contributed by atoms with Crippen LogP contribution in [-0.4, -0.2) is 30.7 Å². The summed E-state index contributed by atoms with van der Waals surface area (Å²) in [5.74, 6) is -0.244. The lowest BCUT2D eigenvalue weighted by molar-refractivity contribution is -0.124. The summed E-state index contributed by atoms with van der Waals surface area (Å²) in [6.45, 7) is 0.955. The Bertz CT molecular complexity index is 773. The van der Waals surface area contributed by atoms with Crippen LogP contribution in [0.25, 0.3) is 0 Å². The smallest absolute Gasteiger partial charge is 0.323 e. The van der Waals surface area contributed by atoms with Crippen LogP contribution >= 0.6 is 0 Å². The summed E-state index contributed by atoms with van der Waals surface area (Å²) in [5.41, 5.74) is 7.09. The molecule has 0 radical (unpaired) electrons. The Kier molecular flexibility index (Phi) is 5.50. The molecule has 136 valence electrons. The summed E-state index contributed by atoms with van der Waals surface area (Å²) in [5, 5.41) is 8.30. The second-order valence-electron chi connectivity index (χ2n) is 6.25. The number of nitrogens with two attached hydrogens (primary N) is 1. The predicted molar refractivity (Wildman–Crippen MR) is 101 cm³/mol. The SMILES string of the molecule is NC1(C(=O)Nc2cccc(NC(=O)Nc3ccccc3)c2)CCOCC1. The van der Waals surface area contributed by atoms with Crippen LogP contribution < -0.4 is 21.7 Å². The van der Waals surface area contributed by atoms with Crippen molar-refractivity contribution in [3.05, 3.63) is 54.6 Å². The topological polar surface area (TPSA) is 105 Å². The van der Waals surface area contributed by atoms with Gasteiger partial charge in [-0.2, -0.15) is 0 Å². The number of nitrogens with one attached hydrogen (secondary N) is 3. The summed E-state index contributed by atoms with van der Waals surface area (Å²) in [6, 6.07) is 15.7. The molecule has 1 heterocycles. The zero-order valence-electron chi connectivity index (χ0n) is 14.3. The molecule has 3 amide bonds. The molecule has 1 saturated heterocycles. The molecule has 0 unspecified atom stereocenters. The van der Waals surface area contributed by atoms with E-state index in [-0.39, 0.29) is 11.9 Å². The lowest BCUT2D eigenvalue weighted by atomic mass is 9.90. The lowest BCUT2D eigenvalue weighted by Crippen LogP contribution is -2.54. The molecule has 0 atom stereocenters. The third-order valence-electron chi connectivity index (χ3n) is 4.25. The van der Waals surface area contributed by atoms with E-state index < -0.39 is 5.54 Å². The standard InChI is InChI=1S/C19H22N4O3/c20-19(9-11-26-12-10-19)17(24)21-15-7-4-8-16(13-15)23-18(25)22-14-5-2-1-3-6-14/h1-8,13H,9-12,20H2,(H,21,24)(H2,22,23,25). The van der Waals surface area contributed by atoms with Crippen molar-refractivity contribution in [3.8, 4) is 0 Å². The van der Waals surface area contributed by atoms with E-state index in [0.29, 0.717) is 43.1 Å². The van der Waals surface area contributed by atoms with Gasteiger partial charge in [0, 0.05) is 30.3 Å². The lowest BCUT2D eigenvalue weighted by Gasteiger charge is -2.31. The molecule has 1 aliphatic rings. The Hall–Kier alpha value is -2.90. The van der Waals surface area contributed by atoms with E-state index in [1.165, 1.54) is 0 Å². The van der Waals surface area contributed by atoms with Crippen LogP contribution in [0.4, 0.5) is 21.9 Å². The molecular formula is C19H22N4O3. The monoisotopic (exact) mass is 354 g/mol. The highest BCUT2D eigenvalue weighted by Crippen LogP contribution is 2.22. The van der Waals surface area contributed by atoms with Gasteiger partial charge in [0.15, 0.2) is 0 Å². The van der Waals surface area contributed by atoms with E-state index >= 15 is 0 Å². The molecule has 1 aliphatic heterocycles. The van der Waals surface area contributed by atoms with Crippen LogP contribution in [0, 0.1) is 0 Å². The van der Waals surface area contributed by atoms with Gasteiger partial charge in [0.1, 0.15) is 5.54 Å². The average Bonchev–Trinajstić information content (AvgIpc) is 2.63. The molecule has 7 nitrogen and oxygen atoms in total. The van der Waals surface area contributed by atoms with Gasteiger partial charge in [0.2, 0.25) is 5.91 Å². The number of ether oxygens (including phenoxy) is 1. The number of urea groups is 1. The fraction of sp³-hybridized carbons (Fsp3) is 0.263. The van der Waals surface area contributed by atoms with Gasteiger partial charge in [-0.3, -0.25) is 4.79 Å². The summed E-state index contributed by atoms with van der Waals surface area (Å²) >= 11 is 0. The molecule has 3 rings (SSSR count). The van der Waals surface area contributed by atoms with Gasteiger partial charge in [-0.05, 0) is 43.2 Å². The fourth-order valence-corrected chi connectivity index (χ4v) is 2.71. The summed E-state index contributed by atoms with van der Waals surface area (Å²) in [4.78, 5) is 24.5. The number of para-hydroxylation sites is 1. The first-order valence-corrected chi connectivity index (χ1v) is 8.46. The highest BCUT2D eigenvalue weighted by Gasteiger charge is 2.35. The summed E-state index contributed by atoms with van der Waals surface area (Å²) < 4.78 is 5.26. The Morgan fingerprint density at radius 2 is 1.42 bits per heavy atom. The molecule has 7 heteroatoms. The second kappa shape index (κ2) is 7.99. The Morgan fingerprint density at radius 1 is 0.846 bits per heavy atom. The van der Waals surface area contributed by atoms with Gasteiger partial charge >= 0.3 is 6.03 Å². The van der Waals surface area contributed by atoms with E-state index in [1.54, 1.807) is 36.4 Å². The first-order valence-electron chi connectivity index (χ1n) is 8.46. The third-order valence-corrected chi connectivity index (χ3v) is 4.25. The van der Waals surface area contributed by atoms with Crippen molar-refractivity contribution < 1.29 is 14.3 Å². The normalized spacial score (nSPS) is 15.7. The summed E-state index contributed by atoms with van der Waals surface area (Å²) in [7, 11) is 0. The van der Waals surface area contributed by atoms with Crippen molar-refractivity contribution in [2.45, 2.75) is 18.4 Å². The van der Waals surface area contributed by atoms with E-state index in [4.69, 9.17) is 10.5 Å². The molecular weight excluding hydrogens is 332 g/mol. The van der Waals surface area contributed by atoms with E-state index in [2.05, 4.69) is 16.0 Å². The third kappa shape index (κ3) is 4.59. The van der Waals surface area contributed by atoms with Gasteiger partial charge in [0.05, 0.1) is 0 Å². The Balaban J connectivity index is 1.61. The van der Waals surface area contributed by atoms with Crippen LogP contribution in [0.2, 0.25) is 0 Å². The number of rotatable bonds is 4. The molecule has 26 heavy (non-hydrogen) atoms. The highest BCUT2D eigenvalue weighted by molar-refractivity contribution is 6.01. The first kappa shape index (κ1) is 17.9. The van der Waals surface area contributed by atoms with Crippen LogP contribution in [0.5, 0.6) is 0 Å². The summed E-state index contributed by atoms with van der Waals surface area (Å²) in [6.07, 6.45) is 0.965. The van der Waals surface area contributed by atoms with Crippen molar-refractivity contribution in [3.63, 3.8) is 0 Å². The van der Waals surface area contributed by atoms with Crippen molar-refractivity contribution in [1.29, 1.82) is 0 Å². The molecule has 5 N–H and O–H groups in total. The minimum absolute atomic E-state index is 0.244. The van der Waals surface area contributed by atoms with Crippen LogP contribution in [0.15, 0.2) is 54.6 Å². The van der Waals surface area contributed by atoms with Crippen LogP contribution in [-0.2, 0) is 9.53 Å². The molecule has 0 aromatic heterocycles. The molecule has 0 bridgehead atoms. The Morgan fingerprint density at radius 3 is 2.12 bits per heavy atom. The largest absolute Gasteiger partial charge is 0.381 e. The number of carbonyl (C=O) groups is 2. The van der Waals surface area contributed by atoms with Crippen molar-refractivity contribution in [1.82, 2.24) is 0 Å². The van der Waals surface area contributed by atoms with Crippen molar-refractivity contribution in [2.24, 2.45) is 5.73 Å². The van der Waals surface area contributed by atoms with Gasteiger partial charge in [-0.15, -0.1) is 0 Å². The molecule has 1 fully saturated rings. The first-order chi connectivity index (χ1) is 12.5. The molecule has 0 spiro atoms. The number of hydrogen-bond donors (Lipinski definition) is 4. The van der Waals surface area contributed by atoms with Gasteiger partial charge in [-0.1, -0.05) is 24.3 Å². The zero-order valence-corrected chi connectivity index (χ0v) is 14.3. The van der Waals surface area contributed by atoms with Crippen LogP contribution in [0.1, 0.15) is 12.8 Å². The number of amides is 3. The number of hydrogen-bond acceptors (Lipinski definition) is 4. The van der Waals surface area contributed by atoms with Gasteiger partial charge in [-0.25, -0.2) is 4.79 Å². The molecule has 0 aliphatic carbocycles. The Labute approximate surface area is 151 Å². The van der Waals surface area contributed by atoms with Crippen molar-refractivity contribution in [2.75, 3.05) is 29.2 Å². The molecule has 2 aromatic carbocycles. The highest BCUT2D eigenvalue weighted by atomic mass is 16.5. The minimum Gasteiger partial charge on any atom is -0.381 e. The fourth-order valence-electron chi connectivity index (χ4n) is 2.71. The quantitative estimate of drug-likeness (QED) is 0.677. The molecule has 2 aromatic rings. The van der Waals surface area contributed by atoms with Crippen LogP contribution in [0.3, 0.4) is 0 Å².